The van der Waals surface area contributed by atoms with E-state index in [9.17, 15) is 9.90 Å². The maximum Gasteiger partial charge on any atom is 0.266 e. The quantitative estimate of drug-likeness (QED) is 0.545. The minimum absolute atomic E-state index is 0.00756. The van der Waals surface area contributed by atoms with Crippen molar-refractivity contribution in [3.8, 4) is 22.1 Å². The monoisotopic (exact) mass is 412 g/mol. The van der Waals surface area contributed by atoms with Crippen molar-refractivity contribution < 1.29 is 14.6 Å². The number of methoxy groups -OCH3 is 1. The molecule has 0 bridgehead atoms. The Labute approximate surface area is 173 Å². The number of aliphatic hydroxyl groups excluding tert-OH is 1. The normalized spacial score (nSPS) is 11.8. The van der Waals surface area contributed by atoms with Crippen LogP contribution in [0.2, 0.25) is 0 Å². The summed E-state index contributed by atoms with van der Waals surface area (Å²) in [6, 6.07) is 12.7. The number of rotatable bonds is 9. The Bertz CT molecular complexity index is 1040. The van der Waals surface area contributed by atoms with Gasteiger partial charge in [-0.3, -0.25) is 4.79 Å². The second-order valence-electron chi connectivity index (χ2n) is 6.59. The fourth-order valence-electron chi connectivity index (χ4n) is 2.85. The first-order valence-corrected chi connectivity index (χ1v) is 10.1. The second-order valence-corrected chi connectivity index (χ2v) is 7.88. The van der Waals surface area contributed by atoms with Gasteiger partial charge in [0.25, 0.3) is 5.56 Å². The Morgan fingerprint density at radius 3 is 2.76 bits per heavy atom. The number of benzene rings is 1. The summed E-state index contributed by atoms with van der Waals surface area (Å²) in [4.78, 5) is 14.3. The van der Waals surface area contributed by atoms with E-state index in [1.807, 2.05) is 37.3 Å². The van der Waals surface area contributed by atoms with E-state index in [0.29, 0.717) is 17.2 Å². The van der Waals surface area contributed by atoms with E-state index in [0.717, 1.165) is 16.9 Å². The van der Waals surface area contributed by atoms with E-state index in [-0.39, 0.29) is 18.7 Å². The molecular formula is C22H24N2O4S. The van der Waals surface area contributed by atoms with Crippen LogP contribution in [0.15, 0.2) is 59.9 Å². The van der Waals surface area contributed by atoms with Gasteiger partial charge in [-0.2, -0.15) is 5.10 Å². The highest BCUT2D eigenvalue weighted by molar-refractivity contribution is 7.15. The largest absolute Gasteiger partial charge is 0.493 e. The maximum atomic E-state index is 12.1. The third-order valence-electron chi connectivity index (χ3n) is 4.28. The van der Waals surface area contributed by atoms with Gasteiger partial charge in [-0.05, 0) is 49.2 Å². The summed E-state index contributed by atoms with van der Waals surface area (Å²) in [7, 11) is 1.57. The van der Waals surface area contributed by atoms with Crippen LogP contribution in [0.3, 0.4) is 0 Å². The average Bonchev–Trinajstić information content (AvgIpc) is 3.15. The van der Waals surface area contributed by atoms with Crippen LogP contribution >= 0.6 is 11.3 Å². The summed E-state index contributed by atoms with van der Waals surface area (Å²) in [5, 5.41) is 14.8. The summed E-state index contributed by atoms with van der Waals surface area (Å²) in [6.45, 7) is 5.79. The number of thiophene rings is 1. The van der Waals surface area contributed by atoms with Crippen LogP contribution in [0, 0.1) is 6.92 Å². The zero-order chi connectivity index (χ0) is 20.8. The number of aromatic nitrogens is 2. The highest BCUT2D eigenvalue weighted by Crippen LogP contribution is 2.28. The summed E-state index contributed by atoms with van der Waals surface area (Å²) in [5.74, 6) is 1.12. The van der Waals surface area contributed by atoms with Crippen LogP contribution in [0.1, 0.15) is 10.4 Å². The molecule has 0 saturated carbocycles. The van der Waals surface area contributed by atoms with E-state index < -0.39 is 6.10 Å². The maximum absolute atomic E-state index is 12.1. The van der Waals surface area contributed by atoms with Crippen molar-refractivity contribution >= 4 is 11.3 Å². The molecule has 0 spiro atoms. The first-order chi connectivity index (χ1) is 14.0. The molecule has 1 N–H and O–H groups in total. The fraction of sp³-hybridized carbons (Fsp3) is 0.273. The molecule has 152 valence electrons. The molecule has 1 aromatic carbocycles. The van der Waals surface area contributed by atoms with Crippen molar-refractivity contribution in [1.29, 1.82) is 0 Å². The molecule has 0 aliphatic heterocycles. The van der Waals surface area contributed by atoms with Crippen molar-refractivity contribution in [2.45, 2.75) is 26.0 Å². The van der Waals surface area contributed by atoms with Gasteiger partial charge in [0.2, 0.25) is 0 Å². The van der Waals surface area contributed by atoms with Gasteiger partial charge in [-0.25, -0.2) is 4.68 Å². The number of hydrogen-bond donors (Lipinski definition) is 1. The third kappa shape index (κ3) is 5.34. The lowest BCUT2D eigenvalue weighted by Crippen LogP contribution is -2.31. The first kappa shape index (κ1) is 20.8. The molecular weight excluding hydrogens is 388 g/mol. The summed E-state index contributed by atoms with van der Waals surface area (Å²) in [6.07, 6.45) is 1.64. The Hall–Kier alpha value is -2.90. The lowest BCUT2D eigenvalue weighted by atomic mass is 10.1. The molecule has 2 aromatic heterocycles. The SMILES string of the molecule is C=CCc1ccc(OCC(O)Cn2nc(-c3ccc(C)s3)ccc2=O)c(OC)c1. The van der Waals surface area contributed by atoms with Crippen molar-refractivity contribution in [1.82, 2.24) is 9.78 Å². The summed E-state index contributed by atoms with van der Waals surface area (Å²) in [5.41, 5.74) is 1.49. The standard InChI is InChI=1S/C22H24N2O4S/c1-4-5-16-7-9-19(20(12-16)27-3)28-14-17(25)13-24-22(26)11-8-18(23-24)21-10-6-15(2)29-21/h4,6-12,17,25H,1,5,13-14H2,2-3H3. The van der Waals surface area contributed by atoms with Gasteiger partial charge >= 0.3 is 0 Å². The van der Waals surface area contributed by atoms with Crippen molar-refractivity contribution in [3.05, 3.63) is 75.9 Å². The van der Waals surface area contributed by atoms with Gasteiger partial charge in [0, 0.05) is 10.9 Å². The minimum Gasteiger partial charge on any atom is -0.493 e. The van der Waals surface area contributed by atoms with Crippen LogP contribution in [0.25, 0.3) is 10.6 Å². The van der Waals surface area contributed by atoms with E-state index >= 15 is 0 Å². The van der Waals surface area contributed by atoms with Gasteiger partial charge in [0.15, 0.2) is 11.5 Å². The number of aryl methyl sites for hydroxylation is 1. The first-order valence-electron chi connectivity index (χ1n) is 9.24. The highest BCUT2D eigenvalue weighted by atomic mass is 32.1. The van der Waals surface area contributed by atoms with E-state index in [4.69, 9.17) is 9.47 Å². The molecule has 0 fully saturated rings. The molecule has 6 nitrogen and oxygen atoms in total. The molecule has 0 aliphatic carbocycles. The molecule has 0 saturated heterocycles. The molecule has 7 heteroatoms. The predicted molar refractivity (Wildman–Crippen MR) is 115 cm³/mol. The summed E-state index contributed by atoms with van der Waals surface area (Å²) < 4.78 is 12.3. The number of hydrogen-bond acceptors (Lipinski definition) is 6. The number of allylic oxidation sites excluding steroid dienone is 1. The highest BCUT2D eigenvalue weighted by Gasteiger charge is 2.13. The van der Waals surface area contributed by atoms with E-state index in [2.05, 4.69) is 11.7 Å². The second kappa shape index (κ2) is 9.54. The Balaban J connectivity index is 1.67. The van der Waals surface area contributed by atoms with Crippen molar-refractivity contribution in [3.63, 3.8) is 0 Å². The van der Waals surface area contributed by atoms with Gasteiger partial charge < -0.3 is 14.6 Å². The van der Waals surface area contributed by atoms with Crippen LogP contribution in [0.5, 0.6) is 11.5 Å². The number of nitrogens with zero attached hydrogens (tertiary/aromatic N) is 2. The molecule has 0 aliphatic rings. The lowest BCUT2D eigenvalue weighted by molar-refractivity contribution is 0.0866. The van der Waals surface area contributed by atoms with Crippen molar-refractivity contribution in [2.75, 3.05) is 13.7 Å². The Morgan fingerprint density at radius 2 is 2.07 bits per heavy atom. The number of ether oxygens (including phenoxy) is 2. The molecule has 29 heavy (non-hydrogen) atoms. The molecule has 3 rings (SSSR count). The Morgan fingerprint density at radius 1 is 1.24 bits per heavy atom. The van der Waals surface area contributed by atoms with E-state index in [1.54, 1.807) is 30.6 Å². The fourth-order valence-corrected chi connectivity index (χ4v) is 3.68. The summed E-state index contributed by atoms with van der Waals surface area (Å²) >= 11 is 1.61. The van der Waals surface area contributed by atoms with Crippen LogP contribution < -0.4 is 15.0 Å². The zero-order valence-electron chi connectivity index (χ0n) is 16.5. The van der Waals surface area contributed by atoms with Crippen LogP contribution in [-0.2, 0) is 13.0 Å². The molecule has 2 heterocycles. The molecule has 0 radical (unpaired) electrons. The van der Waals surface area contributed by atoms with E-state index in [1.165, 1.54) is 15.6 Å². The third-order valence-corrected chi connectivity index (χ3v) is 5.31. The molecule has 0 amide bonds. The minimum atomic E-state index is -0.905. The van der Waals surface area contributed by atoms with Crippen LogP contribution in [-0.4, -0.2) is 34.7 Å². The van der Waals surface area contributed by atoms with Gasteiger partial charge in [-0.1, -0.05) is 12.1 Å². The average molecular weight is 413 g/mol. The molecule has 3 aromatic rings. The zero-order valence-corrected chi connectivity index (χ0v) is 17.3. The lowest BCUT2D eigenvalue weighted by Gasteiger charge is -2.16. The van der Waals surface area contributed by atoms with Crippen LogP contribution in [0.4, 0.5) is 0 Å². The van der Waals surface area contributed by atoms with Gasteiger partial charge in [0.1, 0.15) is 18.4 Å². The van der Waals surface area contributed by atoms with Gasteiger partial charge in [-0.15, -0.1) is 17.9 Å². The molecule has 1 atom stereocenters. The topological polar surface area (TPSA) is 73.6 Å². The van der Waals surface area contributed by atoms with Crippen molar-refractivity contribution in [2.24, 2.45) is 0 Å². The Kier molecular flexibility index (Phi) is 6.85. The van der Waals surface area contributed by atoms with Gasteiger partial charge in [0.05, 0.1) is 18.5 Å². The smallest absolute Gasteiger partial charge is 0.266 e. The number of aliphatic hydroxyl groups is 1. The predicted octanol–water partition coefficient (Wildman–Crippen LogP) is 3.46. The molecule has 1 unspecified atom stereocenters.